The molecule has 0 amide bonds. The normalized spacial score (nSPS) is 12.8. The Morgan fingerprint density at radius 3 is 1.44 bits per heavy atom. The Morgan fingerprint density at radius 2 is 1.06 bits per heavy atom. The molecule has 34 heavy (non-hydrogen) atoms. The molecular weight excluding hydrogens is 456 g/mol. The maximum atomic E-state index is 5.90. The first-order valence-electron chi connectivity index (χ1n) is 12.2. The van der Waals surface area contributed by atoms with Gasteiger partial charge in [0.25, 0.3) is 0 Å². The zero-order valence-electron chi connectivity index (χ0n) is 21.5. The molecule has 2 aromatic carbocycles. The SMILES string of the molecule is C[Si](C)(C)CCOCn1ncc2cc(-c3ccc4c(cnn4COCC[Si](C)(C)C)c3)ccc21. The van der Waals surface area contributed by atoms with Gasteiger partial charge in [0.2, 0.25) is 0 Å². The molecule has 6 nitrogen and oxygen atoms in total. The van der Waals surface area contributed by atoms with E-state index >= 15 is 0 Å². The fourth-order valence-corrected chi connectivity index (χ4v) is 5.31. The lowest BCUT2D eigenvalue weighted by atomic mass is 10.0. The number of hydrogen-bond donors (Lipinski definition) is 0. The predicted molar refractivity (Wildman–Crippen MR) is 147 cm³/mol. The first-order chi connectivity index (χ1) is 16.1. The number of fused-ring (bicyclic) bond motifs is 2. The summed E-state index contributed by atoms with van der Waals surface area (Å²) in [5, 5.41) is 11.3. The second kappa shape index (κ2) is 10.2. The monoisotopic (exact) mass is 494 g/mol. The van der Waals surface area contributed by atoms with E-state index in [0.717, 1.165) is 35.0 Å². The minimum Gasteiger partial charge on any atom is -0.360 e. The van der Waals surface area contributed by atoms with E-state index in [9.17, 15) is 0 Å². The molecule has 0 spiro atoms. The van der Waals surface area contributed by atoms with E-state index in [4.69, 9.17) is 9.47 Å². The zero-order chi connectivity index (χ0) is 24.3. The molecule has 0 aliphatic rings. The van der Waals surface area contributed by atoms with Gasteiger partial charge < -0.3 is 9.47 Å². The Kier molecular flexibility index (Phi) is 7.42. The Labute approximate surface area is 204 Å². The van der Waals surface area contributed by atoms with E-state index < -0.39 is 16.1 Å². The minimum absolute atomic E-state index is 0.498. The van der Waals surface area contributed by atoms with Crippen LogP contribution in [0.5, 0.6) is 0 Å². The van der Waals surface area contributed by atoms with E-state index in [1.54, 1.807) is 0 Å². The lowest BCUT2D eigenvalue weighted by Crippen LogP contribution is -2.22. The van der Waals surface area contributed by atoms with Crippen molar-refractivity contribution in [1.29, 1.82) is 0 Å². The lowest BCUT2D eigenvalue weighted by Gasteiger charge is -2.15. The highest BCUT2D eigenvalue weighted by Gasteiger charge is 2.14. The molecule has 0 fully saturated rings. The van der Waals surface area contributed by atoms with Gasteiger partial charge in [-0.2, -0.15) is 10.2 Å². The molecular formula is C26H38N4O2Si2. The molecule has 0 saturated heterocycles. The van der Waals surface area contributed by atoms with Gasteiger partial charge >= 0.3 is 0 Å². The van der Waals surface area contributed by atoms with Crippen molar-refractivity contribution in [1.82, 2.24) is 19.6 Å². The Morgan fingerprint density at radius 1 is 0.647 bits per heavy atom. The fraction of sp³-hybridized carbons (Fsp3) is 0.462. The molecule has 0 aliphatic heterocycles. The Bertz CT molecular complexity index is 1150. The highest BCUT2D eigenvalue weighted by atomic mass is 28.3. The number of rotatable bonds is 11. The Hall–Kier alpha value is -2.27. The van der Waals surface area contributed by atoms with Gasteiger partial charge in [-0.05, 0) is 47.5 Å². The van der Waals surface area contributed by atoms with Gasteiger partial charge in [0.15, 0.2) is 0 Å². The van der Waals surface area contributed by atoms with Crippen molar-refractivity contribution < 1.29 is 9.47 Å². The number of benzene rings is 2. The Balaban J connectivity index is 1.43. The molecule has 0 radical (unpaired) electrons. The van der Waals surface area contributed by atoms with Crippen LogP contribution in [-0.4, -0.2) is 48.9 Å². The van der Waals surface area contributed by atoms with E-state index in [1.807, 2.05) is 21.8 Å². The third-order valence-corrected chi connectivity index (χ3v) is 9.45. The highest BCUT2D eigenvalue weighted by molar-refractivity contribution is 6.76. The molecule has 0 unspecified atom stereocenters. The van der Waals surface area contributed by atoms with E-state index in [0.29, 0.717) is 13.5 Å². The lowest BCUT2D eigenvalue weighted by molar-refractivity contribution is 0.0816. The van der Waals surface area contributed by atoms with Crippen LogP contribution in [0.4, 0.5) is 0 Å². The van der Waals surface area contributed by atoms with Crippen molar-refractivity contribution in [2.45, 2.75) is 64.8 Å². The molecule has 182 valence electrons. The number of aromatic nitrogens is 4. The van der Waals surface area contributed by atoms with Gasteiger partial charge in [-0.1, -0.05) is 51.4 Å². The smallest absolute Gasteiger partial charge is 0.139 e. The topological polar surface area (TPSA) is 54.1 Å². The van der Waals surface area contributed by atoms with Gasteiger partial charge in [0.05, 0.1) is 23.4 Å². The van der Waals surface area contributed by atoms with Gasteiger partial charge in [-0.3, -0.25) is 0 Å². The molecule has 2 heterocycles. The molecule has 2 aromatic heterocycles. The summed E-state index contributed by atoms with van der Waals surface area (Å²) in [5.74, 6) is 0. The van der Waals surface area contributed by atoms with Crippen LogP contribution in [0.2, 0.25) is 51.4 Å². The van der Waals surface area contributed by atoms with E-state index in [2.05, 4.69) is 85.9 Å². The summed E-state index contributed by atoms with van der Waals surface area (Å²) in [6.07, 6.45) is 3.85. The largest absolute Gasteiger partial charge is 0.360 e. The summed E-state index contributed by atoms with van der Waals surface area (Å²) in [6, 6.07) is 15.3. The summed E-state index contributed by atoms with van der Waals surface area (Å²) in [4.78, 5) is 0. The maximum Gasteiger partial charge on any atom is 0.139 e. The first-order valence-corrected chi connectivity index (χ1v) is 19.6. The quantitative estimate of drug-likeness (QED) is 0.172. The third-order valence-electron chi connectivity index (χ3n) is 6.04. The van der Waals surface area contributed by atoms with Crippen molar-refractivity contribution in [3.8, 4) is 11.1 Å². The van der Waals surface area contributed by atoms with Crippen molar-refractivity contribution >= 4 is 38.0 Å². The average Bonchev–Trinajstić information content (AvgIpc) is 3.36. The van der Waals surface area contributed by atoms with Crippen molar-refractivity contribution in [2.24, 2.45) is 0 Å². The van der Waals surface area contributed by atoms with Gasteiger partial charge in [-0.25, -0.2) is 9.36 Å². The summed E-state index contributed by atoms with van der Waals surface area (Å²) in [5.41, 5.74) is 4.54. The van der Waals surface area contributed by atoms with Crippen LogP contribution in [0.1, 0.15) is 0 Å². The van der Waals surface area contributed by atoms with Gasteiger partial charge in [0, 0.05) is 40.1 Å². The van der Waals surface area contributed by atoms with Crippen molar-refractivity contribution in [2.75, 3.05) is 13.2 Å². The van der Waals surface area contributed by atoms with Crippen LogP contribution >= 0.6 is 0 Å². The van der Waals surface area contributed by atoms with Crippen LogP contribution in [-0.2, 0) is 22.9 Å². The highest BCUT2D eigenvalue weighted by Crippen LogP contribution is 2.27. The average molecular weight is 495 g/mol. The molecule has 4 aromatic rings. The first kappa shape index (κ1) is 24.8. The number of nitrogens with zero attached hydrogens (tertiary/aromatic N) is 4. The zero-order valence-corrected chi connectivity index (χ0v) is 23.5. The second-order valence-corrected chi connectivity index (χ2v) is 22.8. The summed E-state index contributed by atoms with van der Waals surface area (Å²) >= 11 is 0. The second-order valence-electron chi connectivity index (χ2n) is 11.5. The van der Waals surface area contributed by atoms with Crippen molar-refractivity contribution in [3.63, 3.8) is 0 Å². The molecule has 0 aliphatic carbocycles. The van der Waals surface area contributed by atoms with E-state index in [-0.39, 0.29) is 0 Å². The summed E-state index contributed by atoms with van der Waals surface area (Å²) < 4.78 is 15.7. The standard InChI is InChI=1S/C26H38N4O2Si2/c1-33(2,3)13-11-31-19-29-25-9-7-21(15-23(25)17-27-29)22-8-10-26-24(16-22)18-28-30(26)20-32-12-14-34(4,5)6/h7-10,15-18H,11-14,19-20H2,1-6H3. The van der Waals surface area contributed by atoms with Crippen molar-refractivity contribution in [3.05, 3.63) is 48.8 Å². The van der Waals surface area contributed by atoms with Gasteiger partial charge in [0.1, 0.15) is 13.5 Å². The molecule has 0 N–H and O–H groups in total. The number of ether oxygens (including phenoxy) is 2. The third kappa shape index (κ3) is 6.44. The predicted octanol–water partition coefficient (Wildman–Crippen LogP) is 6.68. The van der Waals surface area contributed by atoms with Crippen LogP contribution in [0.3, 0.4) is 0 Å². The van der Waals surface area contributed by atoms with Gasteiger partial charge in [-0.15, -0.1) is 0 Å². The van der Waals surface area contributed by atoms with Crippen LogP contribution in [0.15, 0.2) is 48.8 Å². The maximum absolute atomic E-state index is 5.90. The molecule has 8 heteroatoms. The van der Waals surface area contributed by atoms with Crippen LogP contribution < -0.4 is 0 Å². The summed E-state index contributed by atoms with van der Waals surface area (Å²) in [7, 11) is -2.16. The summed E-state index contributed by atoms with van der Waals surface area (Å²) in [6.45, 7) is 16.8. The molecule has 4 rings (SSSR count). The van der Waals surface area contributed by atoms with E-state index in [1.165, 1.54) is 23.2 Å². The fourth-order valence-electron chi connectivity index (χ4n) is 3.80. The van der Waals surface area contributed by atoms with Crippen LogP contribution in [0, 0.1) is 0 Å². The molecule has 0 atom stereocenters. The molecule has 0 saturated carbocycles. The number of hydrogen-bond acceptors (Lipinski definition) is 4. The van der Waals surface area contributed by atoms with Crippen LogP contribution in [0.25, 0.3) is 32.9 Å². The minimum atomic E-state index is -1.08. The molecule has 0 bridgehead atoms.